The molecule has 1 atom stereocenters. The number of benzene rings is 1. The number of ether oxygens (including phenoxy) is 3. The highest BCUT2D eigenvalue weighted by Crippen LogP contribution is 2.30. The maximum Gasteiger partial charge on any atom is 0.303 e. The third kappa shape index (κ3) is 2.89. The number of hydrogen-bond acceptors (Lipinski definition) is 4. The second-order valence-corrected chi connectivity index (χ2v) is 3.37. The summed E-state index contributed by atoms with van der Waals surface area (Å²) >= 11 is 0. The molecule has 1 aromatic rings. The van der Waals surface area contributed by atoms with Crippen molar-refractivity contribution < 1.29 is 19.0 Å². The van der Waals surface area contributed by atoms with Crippen LogP contribution in [0.2, 0.25) is 0 Å². The van der Waals surface area contributed by atoms with Crippen LogP contribution in [-0.2, 0) is 9.53 Å². The number of carbonyl (C=O) groups is 1. The fourth-order valence-corrected chi connectivity index (χ4v) is 1.42. The van der Waals surface area contributed by atoms with E-state index in [1.807, 2.05) is 13.0 Å². The highest BCUT2D eigenvalue weighted by atomic mass is 16.5. The van der Waals surface area contributed by atoms with Gasteiger partial charge in [0.15, 0.2) is 11.5 Å². The van der Waals surface area contributed by atoms with Gasteiger partial charge in [-0.1, -0.05) is 6.07 Å². The van der Waals surface area contributed by atoms with Gasteiger partial charge in [0.2, 0.25) is 0 Å². The lowest BCUT2D eigenvalue weighted by molar-refractivity contribution is -0.145. The summed E-state index contributed by atoms with van der Waals surface area (Å²) in [5.41, 5.74) is 0.868. The van der Waals surface area contributed by atoms with Crippen molar-refractivity contribution in [2.24, 2.45) is 0 Å². The van der Waals surface area contributed by atoms with E-state index in [0.29, 0.717) is 11.5 Å². The Hall–Kier alpha value is -1.71. The molecule has 0 amide bonds. The zero-order chi connectivity index (χ0) is 12.1. The molecule has 0 fully saturated rings. The number of rotatable bonds is 4. The molecule has 1 aromatic carbocycles. The van der Waals surface area contributed by atoms with Gasteiger partial charge in [0, 0.05) is 6.92 Å². The molecule has 4 heteroatoms. The van der Waals surface area contributed by atoms with Gasteiger partial charge in [0.25, 0.3) is 0 Å². The van der Waals surface area contributed by atoms with Crippen LogP contribution in [0.4, 0.5) is 0 Å². The molecule has 0 aliphatic heterocycles. The first-order valence-corrected chi connectivity index (χ1v) is 4.97. The molecule has 0 heterocycles. The van der Waals surface area contributed by atoms with Gasteiger partial charge in [-0.3, -0.25) is 4.79 Å². The zero-order valence-electron chi connectivity index (χ0n) is 9.94. The molecule has 1 unspecified atom stereocenters. The van der Waals surface area contributed by atoms with Gasteiger partial charge in [-0.25, -0.2) is 0 Å². The number of carbonyl (C=O) groups excluding carboxylic acids is 1. The summed E-state index contributed by atoms with van der Waals surface area (Å²) in [6.45, 7) is 3.19. The summed E-state index contributed by atoms with van der Waals surface area (Å²) in [6, 6.07) is 5.43. The van der Waals surface area contributed by atoms with Crippen molar-refractivity contribution in [1.82, 2.24) is 0 Å². The van der Waals surface area contributed by atoms with Crippen LogP contribution in [0.25, 0.3) is 0 Å². The van der Waals surface area contributed by atoms with Gasteiger partial charge in [-0.05, 0) is 24.6 Å². The zero-order valence-corrected chi connectivity index (χ0v) is 9.94. The van der Waals surface area contributed by atoms with E-state index < -0.39 is 0 Å². The van der Waals surface area contributed by atoms with Crippen molar-refractivity contribution in [2.45, 2.75) is 20.0 Å². The molecule has 0 N–H and O–H groups in total. The Kier molecular flexibility index (Phi) is 4.17. The Morgan fingerprint density at radius 3 is 2.31 bits per heavy atom. The summed E-state index contributed by atoms with van der Waals surface area (Å²) in [5.74, 6) is 0.975. The molecule has 4 nitrogen and oxygen atoms in total. The van der Waals surface area contributed by atoms with E-state index in [9.17, 15) is 4.79 Å². The number of hydrogen-bond donors (Lipinski definition) is 0. The first kappa shape index (κ1) is 12.4. The second-order valence-electron chi connectivity index (χ2n) is 3.37. The molecule has 0 aromatic heterocycles. The standard InChI is InChI=1S/C12H16O4/c1-8(16-9(2)13)10-5-6-11(14-3)12(7-10)15-4/h5-8H,1-4H3. The minimum Gasteiger partial charge on any atom is -0.493 e. The van der Waals surface area contributed by atoms with Gasteiger partial charge < -0.3 is 14.2 Å². The van der Waals surface area contributed by atoms with Crippen molar-refractivity contribution >= 4 is 5.97 Å². The van der Waals surface area contributed by atoms with Crippen LogP contribution in [0.15, 0.2) is 18.2 Å². The Labute approximate surface area is 95.1 Å². The van der Waals surface area contributed by atoms with Crippen LogP contribution in [0.1, 0.15) is 25.5 Å². The molecule has 0 saturated carbocycles. The lowest BCUT2D eigenvalue weighted by Crippen LogP contribution is -2.05. The average molecular weight is 224 g/mol. The highest BCUT2D eigenvalue weighted by molar-refractivity contribution is 5.66. The lowest BCUT2D eigenvalue weighted by Gasteiger charge is -2.14. The normalized spacial score (nSPS) is 11.8. The predicted molar refractivity (Wildman–Crippen MR) is 59.7 cm³/mol. The van der Waals surface area contributed by atoms with Crippen molar-refractivity contribution in [1.29, 1.82) is 0 Å². The van der Waals surface area contributed by atoms with Crippen molar-refractivity contribution in [2.75, 3.05) is 14.2 Å². The van der Waals surface area contributed by atoms with Crippen LogP contribution in [-0.4, -0.2) is 20.2 Å². The largest absolute Gasteiger partial charge is 0.493 e. The van der Waals surface area contributed by atoms with Crippen LogP contribution in [0.3, 0.4) is 0 Å². The first-order valence-electron chi connectivity index (χ1n) is 4.97. The Morgan fingerprint density at radius 1 is 1.19 bits per heavy atom. The van der Waals surface area contributed by atoms with Crippen molar-refractivity contribution in [3.63, 3.8) is 0 Å². The van der Waals surface area contributed by atoms with Gasteiger partial charge >= 0.3 is 5.97 Å². The molecular formula is C12H16O4. The van der Waals surface area contributed by atoms with Gasteiger partial charge in [-0.15, -0.1) is 0 Å². The predicted octanol–water partition coefficient (Wildman–Crippen LogP) is 2.33. The first-order chi connectivity index (χ1) is 7.58. The van der Waals surface area contributed by atoms with E-state index in [1.165, 1.54) is 6.92 Å². The maximum atomic E-state index is 10.8. The van der Waals surface area contributed by atoms with E-state index in [-0.39, 0.29) is 12.1 Å². The van der Waals surface area contributed by atoms with Crippen molar-refractivity contribution in [3.8, 4) is 11.5 Å². The van der Waals surface area contributed by atoms with Crippen LogP contribution < -0.4 is 9.47 Å². The molecule has 0 bridgehead atoms. The monoisotopic (exact) mass is 224 g/mol. The Morgan fingerprint density at radius 2 is 1.81 bits per heavy atom. The number of esters is 1. The third-order valence-electron chi connectivity index (χ3n) is 2.22. The molecule has 0 aliphatic carbocycles. The average Bonchev–Trinajstić information content (AvgIpc) is 2.27. The molecule has 0 spiro atoms. The minimum atomic E-state index is -0.303. The van der Waals surface area contributed by atoms with Gasteiger partial charge in [0.05, 0.1) is 14.2 Å². The van der Waals surface area contributed by atoms with Crippen LogP contribution in [0.5, 0.6) is 11.5 Å². The summed E-state index contributed by atoms with van der Waals surface area (Å²) in [6.07, 6.45) is -0.294. The van der Waals surface area contributed by atoms with Gasteiger partial charge in [-0.2, -0.15) is 0 Å². The molecule has 16 heavy (non-hydrogen) atoms. The van der Waals surface area contributed by atoms with E-state index in [1.54, 1.807) is 26.4 Å². The SMILES string of the molecule is COc1ccc(C(C)OC(C)=O)cc1OC. The quantitative estimate of drug-likeness (QED) is 0.736. The van der Waals surface area contributed by atoms with Gasteiger partial charge in [0.1, 0.15) is 6.10 Å². The third-order valence-corrected chi connectivity index (χ3v) is 2.22. The topological polar surface area (TPSA) is 44.8 Å². The highest BCUT2D eigenvalue weighted by Gasteiger charge is 2.12. The smallest absolute Gasteiger partial charge is 0.303 e. The minimum absolute atomic E-state index is 0.294. The maximum absolute atomic E-state index is 10.8. The molecular weight excluding hydrogens is 208 g/mol. The van der Waals surface area contributed by atoms with E-state index in [0.717, 1.165) is 5.56 Å². The second kappa shape index (κ2) is 5.39. The molecule has 0 aliphatic rings. The van der Waals surface area contributed by atoms with E-state index >= 15 is 0 Å². The molecule has 1 rings (SSSR count). The fraction of sp³-hybridized carbons (Fsp3) is 0.417. The van der Waals surface area contributed by atoms with Crippen molar-refractivity contribution in [3.05, 3.63) is 23.8 Å². The van der Waals surface area contributed by atoms with E-state index in [2.05, 4.69) is 0 Å². The van der Waals surface area contributed by atoms with E-state index in [4.69, 9.17) is 14.2 Å². The molecule has 0 saturated heterocycles. The fourth-order valence-electron chi connectivity index (χ4n) is 1.42. The molecule has 88 valence electrons. The summed E-state index contributed by atoms with van der Waals surface area (Å²) in [7, 11) is 3.14. The molecule has 0 radical (unpaired) electrons. The Balaban J connectivity index is 2.93. The summed E-state index contributed by atoms with van der Waals surface area (Å²) in [4.78, 5) is 10.8. The number of methoxy groups -OCH3 is 2. The van der Waals surface area contributed by atoms with Crippen LogP contribution in [0, 0.1) is 0 Å². The van der Waals surface area contributed by atoms with Crippen LogP contribution >= 0.6 is 0 Å². The summed E-state index contributed by atoms with van der Waals surface area (Å²) < 4.78 is 15.4. The lowest BCUT2D eigenvalue weighted by atomic mass is 10.1. The Bertz CT molecular complexity index is 373. The summed E-state index contributed by atoms with van der Waals surface area (Å²) in [5, 5.41) is 0.